The lowest BCUT2D eigenvalue weighted by Crippen LogP contribution is -2.02. The summed E-state index contributed by atoms with van der Waals surface area (Å²) in [6, 6.07) is 7.72. The van der Waals surface area contributed by atoms with E-state index >= 15 is 0 Å². The third kappa shape index (κ3) is 3.26. The largest absolute Gasteiger partial charge is 0.476 e. The monoisotopic (exact) mass is 281 g/mol. The smallest absolute Gasteiger partial charge is 0.239 e. The van der Waals surface area contributed by atoms with E-state index in [1.54, 1.807) is 18.2 Å². The summed E-state index contributed by atoms with van der Waals surface area (Å²) < 4.78 is 18.3. The van der Waals surface area contributed by atoms with Gasteiger partial charge < -0.3 is 15.8 Å². The Morgan fingerprint density at radius 2 is 2.16 bits per heavy atom. The van der Waals surface area contributed by atoms with Gasteiger partial charge in [-0.1, -0.05) is 11.6 Å². The molecule has 1 aromatic carbocycles. The van der Waals surface area contributed by atoms with Crippen LogP contribution in [0.2, 0.25) is 5.02 Å². The van der Waals surface area contributed by atoms with E-state index in [4.69, 9.17) is 22.1 Å². The molecule has 0 radical (unpaired) electrons. The summed E-state index contributed by atoms with van der Waals surface area (Å²) in [4.78, 5) is 4.21. The average Bonchev–Trinajstić information content (AvgIpc) is 2.38. The van der Waals surface area contributed by atoms with E-state index < -0.39 is 5.82 Å². The number of nitrogens with two attached hydrogens (primary N) is 1. The third-order valence-corrected chi connectivity index (χ3v) is 2.65. The van der Waals surface area contributed by atoms with Gasteiger partial charge in [-0.2, -0.15) is 4.98 Å². The zero-order valence-electron chi connectivity index (χ0n) is 10.3. The van der Waals surface area contributed by atoms with Crippen LogP contribution in [0.5, 0.6) is 5.88 Å². The van der Waals surface area contributed by atoms with Gasteiger partial charge in [0, 0.05) is 5.69 Å². The molecule has 0 aliphatic heterocycles. The maximum Gasteiger partial charge on any atom is 0.239 e. The highest BCUT2D eigenvalue weighted by molar-refractivity contribution is 6.31. The Morgan fingerprint density at radius 1 is 1.37 bits per heavy atom. The highest BCUT2D eigenvalue weighted by Crippen LogP contribution is 2.25. The van der Waals surface area contributed by atoms with Gasteiger partial charge in [-0.3, -0.25) is 0 Å². The highest BCUT2D eigenvalue weighted by Gasteiger charge is 2.05. The number of anilines is 3. The number of hydrogen-bond acceptors (Lipinski definition) is 4. The Bertz CT molecular complexity index is 592. The second kappa shape index (κ2) is 5.75. The van der Waals surface area contributed by atoms with Crippen molar-refractivity contribution in [2.75, 3.05) is 17.7 Å². The number of aromatic nitrogens is 1. The van der Waals surface area contributed by atoms with E-state index in [2.05, 4.69) is 10.3 Å². The fraction of sp³-hybridized carbons (Fsp3) is 0.154. The molecule has 0 aliphatic carbocycles. The lowest BCUT2D eigenvalue weighted by atomic mass is 10.3. The number of nitrogens with zero attached hydrogens (tertiary/aromatic N) is 1. The Balaban J connectivity index is 2.22. The zero-order valence-corrected chi connectivity index (χ0v) is 11.0. The van der Waals surface area contributed by atoms with Crippen LogP contribution in [-0.4, -0.2) is 11.6 Å². The van der Waals surface area contributed by atoms with Crippen molar-refractivity contribution >= 4 is 28.8 Å². The van der Waals surface area contributed by atoms with Crippen LogP contribution in [0.3, 0.4) is 0 Å². The number of nitrogens with one attached hydrogen (secondary N) is 1. The minimum absolute atomic E-state index is 0.0467. The zero-order chi connectivity index (χ0) is 13.8. The molecule has 1 heterocycles. The van der Waals surface area contributed by atoms with Crippen molar-refractivity contribution in [1.29, 1.82) is 0 Å². The first-order chi connectivity index (χ1) is 9.10. The van der Waals surface area contributed by atoms with Crippen molar-refractivity contribution in [1.82, 2.24) is 4.98 Å². The lowest BCUT2D eigenvalue weighted by Gasteiger charge is -2.10. The van der Waals surface area contributed by atoms with Gasteiger partial charge in [-0.15, -0.1) is 0 Å². The van der Waals surface area contributed by atoms with Crippen molar-refractivity contribution in [3.05, 3.63) is 41.2 Å². The van der Waals surface area contributed by atoms with E-state index in [0.29, 0.717) is 29.7 Å². The van der Waals surface area contributed by atoms with Crippen molar-refractivity contribution < 1.29 is 9.13 Å². The predicted molar refractivity (Wildman–Crippen MR) is 74.5 cm³/mol. The number of benzene rings is 1. The van der Waals surface area contributed by atoms with Crippen molar-refractivity contribution in [3.63, 3.8) is 0 Å². The van der Waals surface area contributed by atoms with E-state index in [-0.39, 0.29) is 5.02 Å². The molecular weight excluding hydrogens is 269 g/mol. The maximum atomic E-state index is 13.0. The van der Waals surface area contributed by atoms with Crippen LogP contribution >= 0.6 is 11.6 Å². The predicted octanol–water partition coefficient (Wildman–Crippen LogP) is 3.60. The van der Waals surface area contributed by atoms with E-state index in [9.17, 15) is 4.39 Å². The summed E-state index contributed by atoms with van der Waals surface area (Å²) in [6.07, 6.45) is 0. The molecule has 100 valence electrons. The van der Waals surface area contributed by atoms with Crippen LogP contribution in [-0.2, 0) is 0 Å². The standard InChI is InChI=1S/C13H13ClFN3O/c1-2-19-13-11(16)5-6-12(18-13)17-8-3-4-10(15)9(14)7-8/h3-7H,2,16H2,1H3,(H,17,18). The van der Waals surface area contributed by atoms with Gasteiger partial charge in [0.1, 0.15) is 11.6 Å². The van der Waals surface area contributed by atoms with Crippen molar-refractivity contribution in [3.8, 4) is 5.88 Å². The van der Waals surface area contributed by atoms with E-state index in [1.807, 2.05) is 6.92 Å². The summed E-state index contributed by atoms with van der Waals surface area (Å²) in [7, 11) is 0. The van der Waals surface area contributed by atoms with Crippen molar-refractivity contribution in [2.45, 2.75) is 6.92 Å². The van der Waals surface area contributed by atoms with Gasteiger partial charge in [0.15, 0.2) is 0 Å². The molecule has 0 aliphatic rings. The molecule has 0 fully saturated rings. The summed E-state index contributed by atoms with van der Waals surface area (Å²) in [5, 5.41) is 3.05. The minimum Gasteiger partial charge on any atom is -0.476 e. The van der Waals surface area contributed by atoms with Crippen LogP contribution < -0.4 is 15.8 Å². The topological polar surface area (TPSA) is 60.2 Å². The molecule has 0 unspecified atom stereocenters. The molecule has 0 spiro atoms. The highest BCUT2D eigenvalue weighted by atomic mass is 35.5. The molecule has 19 heavy (non-hydrogen) atoms. The molecule has 0 saturated heterocycles. The number of nitrogen functional groups attached to an aromatic ring is 1. The Labute approximate surface area is 115 Å². The normalized spacial score (nSPS) is 10.3. The fourth-order valence-corrected chi connectivity index (χ4v) is 1.68. The molecule has 0 saturated carbocycles. The number of halogens is 2. The van der Waals surface area contributed by atoms with Crippen LogP contribution in [0, 0.1) is 5.82 Å². The van der Waals surface area contributed by atoms with Crippen LogP contribution in [0.4, 0.5) is 21.6 Å². The Morgan fingerprint density at radius 3 is 2.84 bits per heavy atom. The molecule has 0 atom stereocenters. The lowest BCUT2D eigenvalue weighted by molar-refractivity contribution is 0.329. The second-order valence-electron chi connectivity index (χ2n) is 3.78. The van der Waals surface area contributed by atoms with Gasteiger partial charge in [-0.05, 0) is 37.3 Å². The van der Waals surface area contributed by atoms with Crippen LogP contribution in [0.25, 0.3) is 0 Å². The first-order valence-corrected chi connectivity index (χ1v) is 6.09. The Hall–Kier alpha value is -2.01. The SMILES string of the molecule is CCOc1nc(Nc2ccc(F)c(Cl)c2)ccc1N. The molecule has 1 aromatic heterocycles. The average molecular weight is 282 g/mol. The number of hydrogen-bond donors (Lipinski definition) is 2. The quantitative estimate of drug-likeness (QED) is 0.899. The molecule has 6 heteroatoms. The number of pyridine rings is 1. The summed E-state index contributed by atoms with van der Waals surface area (Å²) >= 11 is 5.71. The first-order valence-electron chi connectivity index (χ1n) is 5.71. The van der Waals surface area contributed by atoms with E-state index in [0.717, 1.165) is 0 Å². The summed E-state index contributed by atoms with van der Waals surface area (Å²) in [6.45, 7) is 2.32. The van der Waals surface area contributed by atoms with Gasteiger partial charge in [0.05, 0.1) is 17.3 Å². The third-order valence-electron chi connectivity index (χ3n) is 2.36. The molecule has 2 rings (SSSR count). The fourth-order valence-electron chi connectivity index (χ4n) is 1.49. The van der Waals surface area contributed by atoms with Crippen LogP contribution in [0.1, 0.15) is 6.92 Å². The number of rotatable bonds is 4. The maximum absolute atomic E-state index is 13.0. The van der Waals surface area contributed by atoms with Gasteiger partial charge in [-0.25, -0.2) is 4.39 Å². The first kappa shape index (κ1) is 13.4. The minimum atomic E-state index is -0.465. The summed E-state index contributed by atoms with van der Waals surface area (Å²) in [5.74, 6) is 0.438. The van der Waals surface area contributed by atoms with Crippen LogP contribution in [0.15, 0.2) is 30.3 Å². The molecule has 2 aromatic rings. The molecule has 4 nitrogen and oxygen atoms in total. The van der Waals surface area contributed by atoms with E-state index in [1.165, 1.54) is 12.1 Å². The molecular formula is C13H13ClFN3O. The molecule has 0 amide bonds. The molecule has 3 N–H and O–H groups in total. The number of ether oxygens (including phenoxy) is 1. The molecule has 0 bridgehead atoms. The van der Waals surface area contributed by atoms with Gasteiger partial charge >= 0.3 is 0 Å². The summed E-state index contributed by atoms with van der Waals surface area (Å²) in [5.41, 5.74) is 6.82. The van der Waals surface area contributed by atoms with Gasteiger partial charge in [0.25, 0.3) is 0 Å². The van der Waals surface area contributed by atoms with Gasteiger partial charge in [0.2, 0.25) is 5.88 Å². The van der Waals surface area contributed by atoms with Crippen molar-refractivity contribution in [2.24, 2.45) is 0 Å². The Kier molecular flexibility index (Phi) is 4.06. The second-order valence-corrected chi connectivity index (χ2v) is 4.18.